The highest BCUT2D eigenvalue weighted by Crippen LogP contribution is 2.34. The van der Waals surface area contributed by atoms with Gasteiger partial charge in [-0.05, 0) is 63.4 Å². The van der Waals surface area contributed by atoms with E-state index in [1.165, 1.54) is 18.6 Å². The van der Waals surface area contributed by atoms with Crippen LogP contribution >= 0.6 is 0 Å². The largest absolute Gasteiger partial charge is 0.366 e. The van der Waals surface area contributed by atoms with Crippen molar-refractivity contribution in [1.29, 1.82) is 0 Å². The molecular weight excluding hydrogens is 215 g/mol. The average molecular weight is 236 g/mol. The number of nitrogens with two attached hydrogens (primary N) is 1. The molecule has 2 N–H and O–H groups in total. The number of halogens is 1. The molecule has 3 heteroatoms. The second-order valence-corrected chi connectivity index (χ2v) is 5.54. The first-order chi connectivity index (χ1) is 8.03. The lowest BCUT2D eigenvalue weighted by Crippen LogP contribution is -2.51. The molecule has 0 spiro atoms. The Hall–Kier alpha value is -1.09. The Labute approximate surface area is 103 Å². The van der Waals surface area contributed by atoms with E-state index in [-0.39, 0.29) is 11.4 Å². The molecule has 1 atom stereocenters. The smallest absolute Gasteiger partial charge is 0.123 e. The number of nitrogens with zero attached hydrogens (tertiary/aromatic N) is 1. The third kappa shape index (κ3) is 2.60. The van der Waals surface area contributed by atoms with E-state index in [0.717, 1.165) is 25.2 Å². The van der Waals surface area contributed by atoms with Crippen LogP contribution in [0.3, 0.4) is 0 Å². The van der Waals surface area contributed by atoms with Crippen LogP contribution in [0, 0.1) is 11.7 Å². The molecule has 1 heterocycles. The Kier molecular flexibility index (Phi) is 3.38. The summed E-state index contributed by atoms with van der Waals surface area (Å²) < 4.78 is 13.0. The summed E-state index contributed by atoms with van der Waals surface area (Å²) in [7, 11) is 0. The molecule has 1 aromatic rings. The number of hydrogen-bond donors (Lipinski definition) is 1. The second-order valence-electron chi connectivity index (χ2n) is 5.54. The number of hydrogen-bond acceptors (Lipinski definition) is 2. The van der Waals surface area contributed by atoms with Crippen molar-refractivity contribution >= 4 is 5.69 Å². The number of benzene rings is 1. The van der Waals surface area contributed by atoms with E-state index in [0.29, 0.717) is 5.92 Å². The second kappa shape index (κ2) is 4.65. The fourth-order valence-corrected chi connectivity index (χ4v) is 2.56. The van der Waals surface area contributed by atoms with Gasteiger partial charge in [0.15, 0.2) is 0 Å². The van der Waals surface area contributed by atoms with Crippen LogP contribution in [-0.2, 0) is 0 Å². The summed E-state index contributed by atoms with van der Waals surface area (Å²) in [6.45, 7) is 6.18. The molecule has 94 valence electrons. The van der Waals surface area contributed by atoms with Crippen molar-refractivity contribution in [2.24, 2.45) is 11.7 Å². The van der Waals surface area contributed by atoms with Crippen LogP contribution in [-0.4, -0.2) is 18.6 Å². The topological polar surface area (TPSA) is 29.3 Å². The van der Waals surface area contributed by atoms with E-state index in [1.807, 2.05) is 12.1 Å². The summed E-state index contributed by atoms with van der Waals surface area (Å²) in [6, 6.07) is 6.76. The molecule has 2 rings (SSSR count). The van der Waals surface area contributed by atoms with Crippen LogP contribution in [0.2, 0.25) is 0 Å². The van der Waals surface area contributed by atoms with E-state index >= 15 is 0 Å². The van der Waals surface area contributed by atoms with Crippen LogP contribution in [0.5, 0.6) is 0 Å². The van der Waals surface area contributed by atoms with E-state index in [2.05, 4.69) is 18.7 Å². The Balaban J connectivity index is 2.23. The summed E-state index contributed by atoms with van der Waals surface area (Å²) in [4.78, 5) is 2.35. The molecule has 1 aliphatic heterocycles. The fraction of sp³-hybridized carbons (Fsp3) is 0.571. The molecule has 0 saturated carbocycles. The summed E-state index contributed by atoms with van der Waals surface area (Å²) in [5.74, 6) is 0.368. The summed E-state index contributed by atoms with van der Waals surface area (Å²) in [5, 5.41) is 0. The molecule has 17 heavy (non-hydrogen) atoms. The minimum atomic E-state index is -0.182. The molecule has 0 aromatic heterocycles. The van der Waals surface area contributed by atoms with Crippen molar-refractivity contribution in [3.8, 4) is 0 Å². The lowest BCUT2D eigenvalue weighted by Gasteiger charge is -2.47. The van der Waals surface area contributed by atoms with Gasteiger partial charge in [0.1, 0.15) is 5.82 Å². The minimum Gasteiger partial charge on any atom is -0.366 e. The van der Waals surface area contributed by atoms with E-state index in [4.69, 9.17) is 5.73 Å². The standard InChI is InChI=1S/C14H21FN2/c1-14(2)8-7-11(9-16)10-17(14)13-5-3-12(15)4-6-13/h3-6,11H,7-10,16H2,1-2H3. The van der Waals surface area contributed by atoms with Crippen molar-refractivity contribution in [1.82, 2.24) is 0 Å². The highest BCUT2D eigenvalue weighted by molar-refractivity contribution is 5.49. The van der Waals surface area contributed by atoms with Gasteiger partial charge in [0, 0.05) is 17.8 Å². The summed E-state index contributed by atoms with van der Waals surface area (Å²) >= 11 is 0. The summed E-state index contributed by atoms with van der Waals surface area (Å²) in [5.41, 5.74) is 6.99. The number of piperidine rings is 1. The molecule has 0 aliphatic carbocycles. The van der Waals surface area contributed by atoms with Crippen molar-refractivity contribution in [2.75, 3.05) is 18.0 Å². The predicted molar refractivity (Wildman–Crippen MR) is 69.6 cm³/mol. The lowest BCUT2D eigenvalue weighted by atomic mass is 9.84. The van der Waals surface area contributed by atoms with E-state index in [9.17, 15) is 4.39 Å². The molecule has 2 nitrogen and oxygen atoms in total. The quantitative estimate of drug-likeness (QED) is 0.855. The minimum absolute atomic E-state index is 0.128. The molecule has 1 aromatic carbocycles. The van der Waals surface area contributed by atoms with Gasteiger partial charge in [-0.2, -0.15) is 0 Å². The van der Waals surface area contributed by atoms with Crippen molar-refractivity contribution < 1.29 is 4.39 Å². The Bertz CT molecular complexity index is 372. The lowest BCUT2D eigenvalue weighted by molar-refractivity contribution is 0.295. The fourth-order valence-electron chi connectivity index (χ4n) is 2.56. The van der Waals surface area contributed by atoms with Gasteiger partial charge in [0.2, 0.25) is 0 Å². The van der Waals surface area contributed by atoms with Crippen LogP contribution in [0.25, 0.3) is 0 Å². The van der Waals surface area contributed by atoms with Crippen molar-refractivity contribution in [3.63, 3.8) is 0 Å². The van der Waals surface area contributed by atoms with E-state index in [1.54, 1.807) is 0 Å². The molecule has 1 fully saturated rings. The van der Waals surface area contributed by atoms with Crippen LogP contribution in [0.4, 0.5) is 10.1 Å². The van der Waals surface area contributed by atoms with Gasteiger partial charge >= 0.3 is 0 Å². The van der Waals surface area contributed by atoms with Crippen LogP contribution in [0.15, 0.2) is 24.3 Å². The first kappa shape index (κ1) is 12.4. The zero-order chi connectivity index (χ0) is 12.5. The van der Waals surface area contributed by atoms with Gasteiger partial charge in [0.05, 0.1) is 0 Å². The van der Waals surface area contributed by atoms with E-state index < -0.39 is 0 Å². The maximum atomic E-state index is 13.0. The first-order valence-corrected chi connectivity index (χ1v) is 6.26. The Morgan fingerprint density at radius 2 is 2.00 bits per heavy atom. The SMILES string of the molecule is CC1(C)CCC(CN)CN1c1ccc(F)cc1. The van der Waals surface area contributed by atoms with Crippen molar-refractivity contribution in [3.05, 3.63) is 30.1 Å². The highest BCUT2D eigenvalue weighted by atomic mass is 19.1. The molecule has 0 amide bonds. The highest BCUT2D eigenvalue weighted by Gasteiger charge is 2.33. The maximum absolute atomic E-state index is 13.0. The number of rotatable bonds is 2. The average Bonchev–Trinajstić information content (AvgIpc) is 2.30. The Morgan fingerprint density at radius 3 is 2.59 bits per heavy atom. The van der Waals surface area contributed by atoms with Gasteiger partial charge in [-0.1, -0.05) is 0 Å². The Morgan fingerprint density at radius 1 is 1.35 bits per heavy atom. The summed E-state index contributed by atoms with van der Waals surface area (Å²) in [6.07, 6.45) is 2.31. The molecule has 1 unspecified atom stereocenters. The van der Waals surface area contributed by atoms with Gasteiger partial charge in [-0.25, -0.2) is 4.39 Å². The van der Waals surface area contributed by atoms with Gasteiger partial charge < -0.3 is 10.6 Å². The van der Waals surface area contributed by atoms with Gasteiger partial charge in [0.25, 0.3) is 0 Å². The molecule has 0 radical (unpaired) electrons. The molecule has 1 aliphatic rings. The third-order valence-corrected chi connectivity index (χ3v) is 3.81. The zero-order valence-corrected chi connectivity index (χ0v) is 10.6. The van der Waals surface area contributed by atoms with Crippen LogP contribution < -0.4 is 10.6 Å². The zero-order valence-electron chi connectivity index (χ0n) is 10.6. The number of anilines is 1. The molecule has 1 saturated heterocycles. The molecular formula is C14H21FN2. The first-order valence-electron chi connectivity index (χ1n) is 6.26. The van der Waals surface area contributed by atoms with Crippen LogP contribution in [0.1, 0.15) is 26.7 Å². The molecule has 0 bridgehead atoms. The monoisotopic (exact) mass is 236 g/mol. The maximum Gasteiger partial charge on any atom is 0.123 e. The van der Waals surface area contributed by atoms with Gasteiger partial charge in [-0.15, -0.1) is 0 Å². The predicted octanol–water partition coefficient (Wildman–Crippen LogP) is 2.78. The van der Waals surface area contributed by atoms with Gasteiger partial charge in [-0.3, -0.25) is 0 Å². The third-order valence-electron chi connectivity index (χ3n) is 3.81. The normalized spacial score (nSPS) is 23.8. The van der Waals surface area contributed by atoms with Crippen molar-refractivity contribution in [2.45, 2.75) is 32.2 Å².